The van der Waals surface area contributed by atoms with E-state index in [0.717, 1.165) is 17.8 Å². The van der Waals surface area contributed by atoms with Crippen LogP contribution in [-0.4, -0.2) is 21.6 Å². The Labute approximate surface area is 176 Å². The van der Waals surface area contributed by atoms with Gasteiger partial charge in [0.15, 0.2) is 0 Å². The van der Waals surface area contributed by atoms with E-state index in [4.69, 9.17) is 5.41 Å². The zero-order valence-electron chi connectivity index (χ0n) is 17.1. The average Bonchev–Trinajstić information content (AvgIpc) is 3.18. The number of carbonyl (C=O) groups excluding carboxylic acids is 1. The predicted molar refractivity (Wildman–Crippen MR) is 118 cm³/mol. The van der Waals surface area contributed by atoms with Crippen LogP contribution in [0.1, 0.15) is 43.0 Å². The van der Waals surface area contributed by atoms with Gasteiger partial charge in [-0.15, -0.1) is 0 Å². The molecular formula is C23H26N6O. The molecular weight excluding hydrogens is 376 g/mol. The summed E-state index contributed by atoms with van der Waals surface area (Å²) in [7, 11) is 0. The van der Waals surface area contributed by atoms with Gasteiger partial charge in [0.1, 0.15) is 11.7 Å². The van der Waals surface area contributed by atoms with Gasteiger partial charge in [-0.25, -0.2) is 9.48 Å². The Kier molecular flexibility index (Phi) is 5.27. The quantitative estimate of drug-likeness (QED) is 0.392. The molecule has 154 valence electrons. The second kappa shape index (κ2) is 8.02. The number of urea groups is 1. The summed E-state index contributed by atoms with van der Waals surface area (Å²) < 4.78 is 1.90. The first kappa shape index (κ1) is 19.7. The number of carbonyl (C=O) groups is 1. The second-order valence-electron chi connectivity index (χ2n) is 8.11. The first-order chi connectivity index (χ1) is 14.4. The minimum atomic E-state index is -0.418. The van der Waals surface area contributed by atoms with E-state index < -0.39 is 6.03 Å². The van der Waals surface area contributed by atoms with E-state index in [-0.39, 0.29) is 17.4 Å². The number of amidine groups is 1. The highest BCUT2D eigenvalue weighted by Gasteiger charge is 2.36. The molecule has 1 aromatic heterocycles. The number of hydrogen-bond acceptors (Lipinski definition) is 4. The fraction of sp³-hybridized carbons (Fsp3) is 0.261. The van der Waals surface area contributed by atoms with Crippen LogP contribution in [0, 0.1) is 5.41 Å². The summed E-state index contributed by atoms with van der Waals surface area (Å²) in [6, 6.07) is 19.6. The SMILES string of the molecule is CC1(C)CC(c2ccccc2)Nc2c(C(=N)NC(=O)NCc3ccccc3)cnn21. The van der Waals surface area contributed by atoms with Gasteiger partial charge in [-0.05, 0) is 31.4 Å². The van der Waals surface area contributed by atoms with Crippen molar-refractivity contribution in [3.8, 4) is 0 Å². The highest BCUT2D eigenvalue weighted by atomic mass is 16.2. The molecule has 0 saturated carbocycles. The molecule has 4 N–H and O–H groups in total. The van der Waals surface area contributed by atoms with E-state index >= 15 is 0 Å². The normalized spacial score (nSPS) is 16.8. The molecule has 3 aromatic rings. The first-order valence-electron chi connectivity index (χ1n) is 10.0. The van der Waals surface area contributed by atoms with Crippen molar-refractivity contribution in [2.24, 2.45) is 0 Å². The third kappa shape index (κ3) is 4.05. The van der Waals surface area contributed by atoms with Crippen LogP contribution in [0.2, 0.25) is 0 Å². The highest BCUT2D eigenvalue weighted by Crippen LogP contribution is 2.39. The molecule has 4 rings (SSSR count). The number of amides is 2. The summed E-state index contributed by atoms with van der Waals surface area (Å²) in [6.07, 6.45) is 2.50. The van der Waals surface area contributed by atoms with Crippen molar-refractivity contribution >= 4 is 17.7 Å². The molecule has 0 bridgehead atoms. The third-order valence-corrected chi connectivity index (χ3v) is 5.36. The molecule has 30 heavy (non-hydrogen) atoms. The van der Waals surface area contributed by atoms with Crippen molar-refractivity contribution in [1.29, 1.82) is 5.41 Å². The molecule has 0 radical (unpaired) electrons. The van der Waals surface area contributed by atoms with Gasteiger partial charge >= 0.3 is 6.03 Å². The van der Waals surface area contributed by atoms with Gasteiger partial charge in [0.2, 0.25) is 0 Å². The summed E-state index contributed by atoms with van der Waals surface area (Å²) >= 11 is 0. The van der Waals surface area contributed by atoms with Crippen molar-refractivity contribution in [2.45, 2.75) is 38.4 Å². The Morgan fingerprint density at radius 2 is 1.83 bits per heavy atom. The molecule has 1 atom stereocenters. The maximum absolute atomic E-state index is 12.3. The molecule has 1 aliphatic rings. The maximum Gasteiger partial charge on any atom is 0.320 e. The standard InChI is InChI=1S/C23H26N6O/c1-23(2)13-19(17-11-7-4-8-12-17)27-21-18(15-26-29(21)23)20(24)28-22(30)25-14-16-9-5-3-6-10-16/h3-12,15,19,27H,13-14H2,1-2H3,(H3,24,25,28,30). The third-order valence-electron chi connectivity index (χ3n) is 5.36. The topological polar surface area (TPSA) is 94.8 Å². The van der Waals surface area contributed by atoms with Crippen LogP contribution in [0.5, 0.6) is 0 Å². The van der Waals surface area contributed by atoms with Crippen LogP contribution >= 0.6 is 0 Å². The molecule has 0 spiro atoms. The first-order valence-corrected chi connectivity index (χ1v) is 10.0. The largest absolute Gasteiger partial charge is 0.363 e. The van der Waals surface area contributed by atoms with Crippen LogP contribution in [0.25, 0.3) is 0 Å². The number of anilines is 1. The van der Waals surface area contributed by atoms with Crippen molar-refractivity contribution < 1.29 is 4.79 Å². The zero-order valence-corrected chi connectivity index (χ0v) is 17.1. The van der Waals surface area contributed by atoms with E-state index in [9.17, 15) is 4.79 Å². The fourth-order valence-electron chi connectivity index (χ4n) is 3.82. The Morgan fingerprint density at radius 3 is 2.53 bits per heavy atom. The molecule has 0 fully saturated rings. The summed E-state index contributed by atoms with van der Waals surface area (Å²) in [4.78, 5) is 12.3. The molecule has 0 saturated heterocycles. The average molecular weight is 403 g/mol. The fourth-order valence-corrected chi connectivity index (χ4v) is 3.82. The van der Waals surface area contributed by atoms with Gasteiger partial charge in [-0.2, -0.15) is 5.10 Å². The maximum atomic E-state index is 12.3. The summed E-state index contributed by atoms with van der Waals surface area (Å²) in [5.41, 5.74) is 2.52. The molecule has 2 heterocycles. The Morgan fingerprint density at radius 1 is 1.17 bits per heavy atom. The Bertz CT molecular complexity index is 1040. The van der Waals surface area contributed by atoms with E-state index in [2.05, 4.69) is 47.0 Å². The number of rotatable bonds is 4. The van der Waals surface area contributed by atoms with Crippen molar-refractivity contribution in [2.75, 3.05) is 5.32 Å². The number of hydrogen-bond donors (Lipinski definition) is 4. The summed E-state index contributed by atoms with van der Waals surface area (Å²) in [5, 5.41) is 21.9. The Hall–Kier alpha value is -3.61. The minimum absolute atomic E-state index is 0.0128. The van der Waals surface area contributed by atoms with Gasteiger partial charge in [0.05, 0.1) is 23.3 Å². The number of nitrogens with one attached hydrogen (secondary N) is 4. The van der Waals surface area contributed by atoms with Crippen LogP contribution in [0.3, 0.4) is 0 Å². The minimum Gasteiger partial charge on any atom is -0.363 e. The molecule has 0 aliphatic carbocycles. The van der Waals surface area contributed by atoms with Gasteiger partial charge in [0.25, 0.3) is 0 Å². The number of benzene rings is 2. The Balaban J connectivity index is 1.49. The molecule has 2 amide bonds. The van der Waals surface area contributed by atoms with Gasteiger partial charge < -0.3 is 10.6 Å². The van der Waals surface area contributed by atoms with E-state index in [1.54, 1.807) is 6.20 Å². The zero-order chi connectivity index (χ0) is 21.1. The molecule has 7 nitrogen and oxygen atoms in total. The van der Waals surface area contributed by atoms with E-state index in [1.807, 2.05) is 53.2 Å². The monoisotopic (exact) mass is 402 g/mol. The lowest BCUT2D eigenvalue weighted by Crippen LogP contribution is -2.41. The molecule has 1 aliphatic heterocycles. The molecule has 2 aromatic carbocycles. The lowest BCUT2D eigenvalue weighted by Gasteiger charge is -2.38. The number of nitrogens with zero attached hydrogens (tertiary/aromatic N) is 2. The highest BCUT2D eigenvalue weighted by molar-refractivity contribution is 6.08. The summed E-state index contributed by atoms with van der Waals surface area (Å²) in [6.45, 7) is 4.66. The lowest BCUT2D eigenvalue weighted by atomic mass is 9.89. The summed E-state index contributed by atoms with van der Waals surface area (Å²) in [5.74, 6) is 0.757. The molecule has 7 heteroatoms. The van der Waals surface area contributed by atoms with Crippen molar-refractivity contribution in [3.05, 3.63) is 83.6 Å². The van der Waals surface area contributed by atoms with Crippen LogP contribution in [0.15, 0.2) is 66.9 Å². The number of fused-ring (bicyclic) bond motifs is 1. The van der Waals surface area contributed by atoms with Gasteiger partial charge in [0, 0.05) is 6.54 Å². The van der Waals surface area contributed by atoms with Crippen LogP contribution in [-0.2, 0) is 12.1 Å². The van der Waals surface area contributed by atoms with E-state index in [0.29, 0.717) is 12.1 Å². The van der Waals surface area contributed by atoms with Crippen molar-refractivity contribution in [3.63, 3.8) is 0 Å². The van der Waals surface area contributed by atoms with Gasteiger partial charge in [-0.3, -0.25) is 10.7 Å². The van der Waals surface area contributed by atoms with E-state index in [1.165, 1.54) is 5.56 Å². The lowest BCUT2D eigenvalue weighted by molar-refractivity contribution is 0.245. The molecule has 1 unspecified atom stereocenters. The predicted octanol–water partition coefficient (Wildman–Crippen LogP) is 4.00. The van der Waals surface area contributed by atoms with Crippen LogP contribution in [0.4, 0.5) is 10.6 Å². The van der Waals surface area contributed by atoms with Crippen LogP contribution < -0.4 is 16.0 Å². The second-order valence-corrected chi connectivity index (χ2v) is 8.11. The van der Waals surface area contributed by atoms with Gasteiger partial charge in [-0.1, -0.05) is 60.7 Å². The number of aromatic nitrogens is 2. The van der Waals surface area contributed by atoms with Crippen molar-refractivity contribution in [1.82, 2.24) is 20.4 Å². The smallest absolute Gasteiger partial charge is 0.320 e.